The summed E-state index contributed by atoms with van der Waals surface area (Å²) in [5.41, 5.74) is 21.2. The lowest BCUT2D eigenvalue weighted by atomic mass is 10.1. The number of benzene rings is 8. The lowest BCUT2D eigenvalue weighted by Gasteiger charge is -2.26. The normalized spacial score (nSPS) is 13.2. The van der Waals surface area contributed by atoms with E-state index < -0.39 is 0 Å². The molecule has 20 rings (SSSR count). The van der Waals surface area contributed by atoms with Gasteiger partial charge < -0.3 is 72.8 Å². The Labute approximate surface area is 775 Å². The number of carbonyl (C=O) groups excluding carboxylic acids is 2. The van der Waals surface area contributed by atoms with Gasteiger partial charge in [0.15, 0.2) is 0 Å². The number of nitrogens with zero attached hydrogens (tertiary/aromatic N) is 20. The summed E-state index contributed by atoms with van der Waals surface area (Å²) in [6.45, 7) is 4.49. The Hall–Kier alpha value is -15.5. The van der Waals surface area contributed by atoms with Crippen LogP contribution in [0.5, 0.6) is 46.0 Å². The molecule has 0 radical (unpaired) electrons. The summed E-state index contributed by atoms with van der Waals surface area (Å²) in [4.78, 5) is 72.3. The first-order valence-corrected chi connectivity index (χ1v) is 44.6. The van der Waals surface area contributed by atoms with Crippen LogP contribution in [-0.2, 0) is 29.2 Å². The predicted octanol–water partition coefficient (Wildman–Crippen LogP) is 16.6. The van der Waals surface area contributed by atoms with Gasteiger partial charge in [-0.3, -0.25) is 48.7 Å². The first-order chi connectivity index (χ1) is 65.4. The van der Waals surface area contributed by atoms with Gasteiger partial charge in [-0.15, -0.1) is 0 Å². The average molecular weight is 1810 g/mol. The number of nitrogens with one attached hydrogen (secondary N) is 2. The van der Waals surface area contributed by atoms with Crippen LogP contribution < -0.4 is 62.8 Å². The van der Waals surface area contributed by atoms with Gasteiger partial charge >= 0.3 is 0 Å². The fourth-order valence-electron chi connectivity index (χ4n) is 15.5. The van der Waals surface area contributed by atoms with Crippen molar-refractivity contribution in [2.24, 2.45) is 23.7 Å². The van der Waals surface area contributed by atoms with E-state index in [1.165, 1.54) is 51.4 Å². The van der Waals surface area contributed by atoms with Crippen molar-refractivity contribution in [2.75, 3.05) is 130 Å². The van der Waals surface area contributed by atoms with Crippen LogP contribution in [0.25, 0.3) is 89.2 Å². The minimum atomic E-state index is -0.112. The molecule has 8 aromatic heterocycles. The molecule has 2 amide bonds. The van der Waals surface area contributed by atoms with Crippen molar-refractivity contribution in [3.63, 3.8) is 0 Å². The summed E-state index contributed by atoms with van der Waals surface area (Å²) in [7, 11) is 18.4. The van der Waals surface area contributed by atoms with Crippen LogP contribution in [0.1, 0.15) is 51.4 Å². The number of aromatic amines is 1. The highest BCUT2D eigenvalue weighted by atomic mass is 16.5. The van der Waals surface area contributed by atoms with Gasteiger partial charge in [-0.2, -0.15) is 20.4 Å². The molecule has 0 unspecified atom stereocenters. The third kappa shape index (κ3) is 22.4. The smallest absolute Gasteiger partial charge is 0.243 e. The van der Waals surface area contributed by atoms with Crippen molar-refractivity contribution in [1.29, 1.82) is 0 Å². The van der Waals surface area contributed by atoms with E-state index >= 15 is 0 Å². The molecular formula is C101H108N22O11. The van der Waals surface area contributed by atoms with Crippen LogP contribution >= 0.6 is 0 Å². The Balaban J connectivity index is 0.000000125. The molecule has 0 saturated heterocycles. The highest BCUT2D eigenvalue weighted by Crippen LogP contribution is 2.45. The number of rotatable bonds is 34. The quantitative estimate of drug-likeness (QED) is 0.0337. The molecule has 33 heteroatoms. The fraction of sp³-hybridized carbons (Fsp3) is 0.307. The zero-order valence-corrected chi connectivity index (χ0v) is 76.9. The number of likely N-dealkylation sites (N-methyl/N-ethyl adjacent to an activating group) is 2. The lowest BCUT2D eigenvalue weighted by molar-refractivity contribution is -0.129. The fourth-order valence-corrected chi connectivity index (χ4v) is 15.5. The second kappa shape index (κ2) is 41.3. The van der Waals surface area contributed by atoms with Gasteiger partial charge in [0.1, 0.15) is 59.1 Å². The van der Waals surface area contributed by atoms with Crippen LogP contribution in [-0.4, -0.2) is 212 Å². The van der Waals surface area contributed by atoms with Gasteiger partial charge in [-0.05, 0) is 148 Å². The van der Waals surface area contributed by atoms with E-state index in [0.717, 1.165) is 195 Å². The molecule has 3 N–H and O–H groups in total. The van der Waals surface area contributed by atoms with Crippen molar-refractivity contribution in [1.82, 2.24) is 89.6 Å². The number of aliphatic hydroxyl groups is 1. The monoisotopic (exact) mass is 1800 g/mol. The highest BCUT2D eigenvalue weighted by Gasteiger charge is 2.31. The van der Waals surface area contributed by atoms with Gasteiger partial charge in [-0.1, -0.05) is 0 Å². The summed E-state index contributed by atoms with van der Waals surface area (Å²) in [6.07, 6.45) is 31.2. The van der Waals surface area contributed by atoms with E-state index in [-0.39, 0.29) is 31.5 Å². The van der Waals surface area contributed by atoms with E-state index in [2.05, 4.69) is 119 Å². The molecule has 0 bridgehead atoms. The van der Waals surface area contributed by atoms with Gasteiger partial charge in [0.05, 0.1) is 187 Å². The van der Waals surface area contributed by atoms with Crippen LogP contribution in [0.3, 0.4) is 0 Å². The Bertz CT molecular complexity index is 6720. The maximum atomic E-state index is 12.0. The van der Waals surface area contributed by atoms with Crippen LogP contribution in [0.2, 0.25) is 0 Å². The number of anilines is 8. The van der Waals surface area contributed by atoms with E-state index in [4.69, 9.17) is 62.9 Å². The molecule has 688 valence electrons. The van der Waals surface area contributed by atoms with E-state index in [0.29, 0.717) is 41.6 Å². The number of aromatic nitrogens is 16. The molecule has 8 heterocycles. The second-order valence-electron chi connectivity index (χ2n) is 33.7. The van der Waals surface area contributed by atoms with Gasteiger partial charge in [0.25, 0.3) is 0 Å². The van der Waals surface area contributed by atoms with E-state index in [1.54, 1.807) is 153 Å². The molecule has 0 aliphatic heterocycles. The topological polar surface area (TPSA) is 342 Å². The second-order valence-corrected chi connectivity index (χ2v) is 33.7. The highest BCUT2D eigenvalue weighted by molar-refractivity contribution is 5.88. The molecule has 4 aliphatic carbocycles. The minimum Gasteiger partial charge on any atom is -0.497 e. The summed E-state index contributed by atoms with van der Waals surface area (Å²) >= 11 is 0. The molecule has 4 saturated carbocycles. The van der Waals surface area contributed by atoms with Crippen LogP contribution in [0.15, 0.2) is 220 Å². The molecule has 16 aromatic rings. The largest absolute Gasteiger partial charge is 0.497 e. The van der Waals surface area contributed by atoms with Crippen molar-refractivity contribution < 1.29 is 52.6 Å². The Kier molecular flexibility index (Phi) is 27.8. The standard InChI is InChI=1S/C27H30N6O3.C26H28N6O3.C25H27N5O3.C23H23N5O2/c1-31(2)27(34)17-32-16-19(13-29-32)26-14-28-24-8-7-20(11-25(24)30-26)33(15-18-5-6-18)21-9-22(35-3)12-23(10-21)36-4;1-27-26(33)16-31-15-18(12-29-31)25-13-28-23-7-6-19(10-24(23)30-25)32(14-17-4-5-17)20-8-21(34-2)11-22(9-20)35-3;1-32-21-9-20(10-22(12-21)33-2)30(15-17-3-4-17)19-5-6-23-24(11-19)28-25(14-26-23)18-13-27-29(16-18)7-8-31;1-29-19-7-18(8-20(10-19)30-2)28(14-15-3-4-15)17-5-6-21-22(9-17)27-23(13-24-21)16-11-25-26-12-16/h7-14,16,18H,5-6,15,17H2,1-4H3;6-13,15,17H,4-5,14,16H2,1-3H3,(H,27,33);5-6,9-14,16-17,31H,3-4,7-8,15H2,1-2H3;5-13,15H,3-4,14H2,1-2H3,(H,25,26). The maximum absolute atomic E-state index is 12.0. The first-order valence-electron chi connectivity index (χ1n) is 44.6. The molecule has 0 atom stereocenters. The zero-order valence-electron chi connectivity index (χ0n) is 76.9. The van der Waals surface area contributed by atoms with E-state index in [1.807, 2.05) is 116 Å². The van der Waals surface area contributed by atoms with Crippen molar-refractivity contribution in [3.05, 3.63) is 220 Å². The predicted molar refractivity (Wildman–Crippen MR) is 516 cm³/mol. The third-order valence-electron chi connectivity index (χ3n) is 23.8. The Morgan fingerprint density at radius 3 is 0.903 bits per heavy atom. The number of hydrogen-bond acceptors (Lipinski definition) is 27. The number of H-pyrrole nitrogens is 1. The van der Waals surface area contributed by atoms with Crippen LogP contribution in [0.4, 0.5) is 45.5 Å². The maximum Gasteiger partial charge on any atom is 0.243 e. The van der Waals surface area contributed by atoms with E-state index in [9.17, 15) is 9.59 Å². The summed E-state index contributed by atoms with van der Waals surface area (Å²) in [5, 5.41) is 31.5. The number of methoxy groups -OCH3 is 8. The zero-order chi connectivity index (χ0) is 92.9. The molecule has 33 nitrogen and oxygen atoms in total. The number of fused-ring (bicyclic) bond motifs is 4. The number of aliphatic hydroxyl groups excluding tert-OH is 1. The number of amides is 2. The van der Waals surface area contributed by atoms with Crippen molar-refractivity contribution in [2.45, 2.75) is 71.0 Å². The Morgan fingerprint density at radius 2 is 0.642 bits per heavy atom. The van der Waals surface area contributed by atoms with Gasteiger partial charge in [0.2, 0.25) is 11.8 Å². The molecule has 4 aliphatic rings. The SMILES string of the molecule is CNC(=O)Cn1cc(-c2cnc3ccc(N(CC4CC4)c4cc(OC)cc(OC)c4)cc3n2)cn1.COc1cc(OC)cc(N(CC2CC2)c2ccc3ncc(-c4cn[nH]c4)nc3c2)c1.COc1cc(OC)cc(N(CC2CC2)c2ccc3ncc(-c4cnn(CC(=O)N(C)C)c4)nc3c2)c1.COc1cc(OC)cc(N(CC2CC2)c2ccc3ncc(-c4cnn(CCO)c4)nc3c2)c1. The summed E-state index contributed by atoms with van der Waals surface area (Å²) < 4.78 is 49.0. The molecule has 4 fully saturated rings. The van der Waals surface area contributed by atoms with Crippen LogP contribution in [0, 0.1) is 23.7 Å². The van der Waals surface area contributed by atoms with Crippen molar-refractivity contribution >= 4 is 101 Å². The Morgan fingerprint density at radius 1 is 0.358 bits per heavy atom. The number of ether oxygens (including phenoxy) is 8. The molecular weight excluding hydrogens is 1700 g/mol. The molecule has 134 heavy (non-hydrogen) atoms. The first kappa shape index (κ1) is 90.4. The average Bonchev–Trinajstić information content (AvgIpc) is 1.14. The van der Waals surface area contributed by atoms with Gasteiger partial charge in [0, 0.05) is 213 Å². The minimum absolute atomic E-state index is 0.0242. The summed E-state index contributed by atoms with van der Waals surface area (Å²) in [5.74, 6) is 8.60. The third-order valence-corrected chi connectivity index (χ3v) is 23.8. The van der Waals surface area contributed by atoms with Gasteiger partial charge in [-0.25, -0.2) is 19.9 Å². The molecule has 8 aromatic carbocycles. The van der Waals surface area contributed by atoms with Crippen molar-refractivity contribution in [3.8, 4) is 91.0 Å². The number of carbonyl (C=O) groups is 2. The number of hydrogen-bond donors (Lipinski definition) is 3. The lowest BCUT2D eigenvalue weighted by Crippen LogP contribution is -2.26. The summed E-state index contributed by atoms with van der Waals surface area (Å²) in [6, 6.07) is 48.5. The molecule has 0 spiro atoms.